The average Bonchev–Trinajstić information content (AvgIpc) is 3.09. The molecular formula is C24H29F2N3O3. The molecule has 0 amide bonds. The zero-order chi connectivity index (χ0) is 23.1. The highest BCUT2D eigenvalue weighted by atomic mass is 19.1. The van der Waals surface area contributed by atoms with Crippen LogP contribution in [0.4, 0.5) is 8.78 Å². The van der Waals surface area contributed by atoms with Crippen molar-refractivity contribution in [1.82, 2.24) is 14.7 Å². The van der Waals surface area contributed by atoms with Crippen molar-refractivity contribution in [3.8, 4) is 17.3 Å². The van der Waals surface area contributed by atoms with E-state index in [1.54, 1.807) is 11.8 Å². The fourth-order valence-electron chi connectivity index (χ4n) is 3.34. The number of aromatic nitrogens is 2. The molecular weight excluding hydrogens is 416 g/mol. The maximum Gasteiger partial charge on any atom is 0.227 e. The van der Waals surface area contributed by atoms with Crippen LogP contribution in [0.1, 0.15) is 24.6 Å². The smallest absolute Gasteiger partial charge is 0.227 e. The normalized spacial score (nSPS) is 12.3. The van der Waals surface area contributed by atoms with Gasteiger partial charge in [0, 0.05) is 32.8 Å². The molecule has 1 aromatic heterocycles. The molecule has 1 N–H and O–H groups in total. The third kappa shape index (κ3) is 5.91. The number of ether oxygens (including phenoxy) is 2. The Morgan fingerprint density at radius 2 is 1.91 bits per heavy atom. The molecule has 3 rings (SSSR count). The van der Waals surface area contributed by atoms with E-state index in [0.29, 0.717) is 44.2 Å². The predicted molar refractivity (Wildman–Crippen MR) is 118 cm³/mol. The van der Waals surface area contributed by atoms with E-state index in [9.17, 15) is 13.9 Å². The van der Waals surface area contributed by atoms with Crippen molar-refractivity contribution in [2.24, 2.45) is 0 Å². The Kier molecular flexibility index (Phi) is 8.33. The molecule has 1 heterocycles. The van der Waals surface area contributed by atoms with Crippen molar-refractivity contribution in [3.05, 3.63) is 71.4 Å². The maximum absolute atomic E-state index is 14.4. The molecule has 0 saturated carbocycles. The number of hydrogen-bond acceptors (Lipinski definition) is 5. The summed E-state index contributed by atoms with van der Waals surface area (Å²) < 4.78 is 40.6. The molecule has 172 valence electrons. The van der Waals surface area contributed by atoms with Crippen LogP contribution in [0, 0.1) is 18.6 Å². The molecule has 32 heavy (non-hydrogen) atoms. The van der Waals surface area contributed by atoms with Gasteiger partial charge in [0.05, 0.1) is 29.7 Å². The van der Waals surface area contributed by atoms with Crippen LogP contribution in [0.2, 0.25) is 0 Å². The Bertz CT molecular complexity index is 1010. The van der Waals surface area contributed by atoms with E-state index >= 15 is 0 Å². The molecule has 0 unspecified atom stereocenters. The van der Waals surface area contributed by atoms with Crippen LogP contribution < -0.4 is 4.74 Å². The Morgan fingerprint density at radius 3 is 2.56 bits per heavy atom. The van der Waals surface area contributed by atoms with Crippen LogP contribution in [0.5, 0.6) is 11.6 Å². The van der Waals surface area contributed by atoms with Crippen LogP contribution in [0.15, 0.2) is 48.5 Å². The molecule has 0 bridgehead atoms. The summed E-state index contributed by atoms with van der Waals surface area (Å²) >= 11 is 0. The summed E-state index contributed by atoms with van der Waals surface area (Å²) in [6.45, 7) is 5.72. The van der Waals surface area contributed by atoms with E-state index in [2.05, 4.69) is 5.10 Å². The third-order valence-electron chi connectivity index (χ3n) is 5.17. The fourth-order valence-corrected chi connectivity index (χ4v) is 3.34. The molecule has 2 aromatic carbocycles. The summed E-state index contributed by atoms with van der Waals surface area (Å²) in [6.07, 6.45) is 0.130. The molecule has 0 aliphatic carbocycles. The van der Waals surface area contributed by atoms with Crippen molar-refractivity contribution in [2.75, 3.05) is 26.8 Å². The van der Waals surface area contributed by atoms with E-state index in [1.165, 1.54) is 6.07 Å². The van der Waals surface area contributed by atoms with Crippen molar-refractivity contribution in [2.45, 2.75) is 32.9 Å². The predicted octanol–water partition coefficient (Wildman–Crippen LogP) is 4.47. The minimum absolute atomic E-state index is 0.0956. The monoisotopic (exact) mass is 445 g/mol. The van der Waals surface area contributed by atoms with Gasteiger partial charge in [-0.25, -0.2) is 13.5 Å². The van der Waals surface area contributed by atoms with Gasteiger partial charge >= 0.3 is 0 Å². The number of halogens is 2. The largest absolute Gasteiger partial charge is 0.435 e. The lowest BCUT2D eigenvalue weighted by Crippen LogP contribution is -2.34. The van der Waals surface area contributed by atoms with Gasteiger partial charge in [0.1, 0.15) is 5.82 Å². The van der Waals surface area contributed by atoms with Crippen LogP contribution in [0.25, 0.3) is 5.69 Å². The van der Waals surface area contributed by atoms with Crippen LogP contribution in [0.3, 0.4) is 0 Å². The Hall–Kier alpha value is -2.81. The van der Waals surface area contributed by atoms with E-state index < -0.39 is 17.7 Å². The highest BCUT2D eigenvalue weighted by Crippen LogP contribution is 2.33. The molecule has 8 heteroatoms. The second-order valence-corrected chi connectivity index (χ2v) is 7.58. The zero-order valence-electron chi connectivity index (χ0n) is 18.6. The lowest BCUT2D eigenvalue weighted by Gasteiger charge is -2.24. The first-order valence-corrected chi connectivity index (χ1v) is 10.6. The van der Waals surface area contributed by atoms with Gasteiger partial charge in [-0.2, -0.15) is 5.10 Å². The molecule has 3 aromatic rings. The first kappa shape index (κ1) is 23.8. The van der Waals surface area contributed by atoms with E-state index in [1.807, 2.05) is 49.1 Å². The number of para-hydroxylation sites is 1. The third-order valence-corrected chi connectivity index (χ3v) is 5.17. The van der Waals surface area contributed by atoms with Crippen molar-refractivity contribution < 1.29 is 23.4 Å². The van der Waals surface area contributed by atoms with Gasteiger partial charge in [-0.3, -0.25) is 4.90 Å². The highest BCUT2D eigenvalue weighted by Gasteiger charge is 2.23. The number of methoxy groups -OCH3 is 1. The summed E-state index contributed by atoms with van der Waals surface area (Å²) in [5, 5.41) is 14.8. The molecule has 0 spiro atoms. The lowest BCUT2D eigenvalue weighted by atomic mass is 10.2. The quantitative estimate of drug-likeness (QED) is 0.472. The SMILES string of the molecule is CC[C@H](O)CN(CCOC)Cc1c(C)nn(-c2ccccc2)c1Oc1ccc(F)cc1F. The van der Waals surface area contributed by atoms with Gasteiger partial charge in [0.2, 0.25) is 5.88 Å². The molecule has 0 radical (unpaired) electrons. The summed E-state index contributed by atoms with van der Waals surface area (Å²) in [5.41, 5.74) is 2.20. The van der Waals surface area contributed by atoms with Gasteiger partial charge in [0.25, 0.3) is 0 Å². The number of aliphatic hydroxyl groups is 1. The number of rotatable bonds is 11. The molecule has 0 aliphatic heterocycles. The maximum atomic E-state index is 14.4. The topological polar surface area (TPSA) is 59.8 Å². The first-order chi connectivity index (χ1) is 15.4. The molecule has 0 saturated heterocycles. The minimum atomic E-state index is -0.799. The highest BCUT2D eigenvalue weighted by molar-refractivity contribution is 5.43. The van der Waals surface area contributed by atoms with Gasteiger partial charge in [0.15, 0.2) is 11.6 Å². The van der Waals surface area contributed by atoms with Gasteiger partial charge in [-0.1, -0.05) is 25.1 Å². The van der Waals surface area contributed by atoms with Crippen molar-refractivity contribution in [3.63, 3.8) is 0 Å². The van der Waals surface area contributed by atoms with E-state index in [-0.39, 0.29) is 5.75 Å². The molecule has 1 atom stereocenters. The second kappa shape index (κ2) is 11.2. The molecule has 0 aliphatic rings. The number of benzene rings is 2. The Morgan fingerprint density at radius 1 is 1.16 bits per heavy atom. The summed E-state index contributed by atoms with van der Waals surface area (Å²) in [7, 11) is 1.62. The first-order valence-electron chi connectivity index (χ1n) is 10.6. The number of aryl methyl sites for hydroxylation is 1. The summed E-state index contributed by atoms with van der Waals surface area (Å²) in [5.74, 6) is -1.23. The average molecular weight is 446 g/mol. The van der Waals surface area contributed by atoms with Crippen LogP contribution in [-0.2, 0) is 11.3 Å². The summed E-state index contributed by atoms with van der Waals surface area (Å²) in [6, 6.07) is 12.6. The van der Waals surface area contributed by atoms with Crippen molar-refractivity contribution >= 4 is 0 Å². The second-order valence-electron chi connectivity index (χ2n) is 7.58. The van der Waals surface area contributed by atoms with Crippen molar-refractivity contribution in [1.29, 1.82) is 0 Å². The van der Waals surface area contributed by atoms with Gasteiger partial charge < -0.3 is 14.6 Å². The zero-order valence-corrected chi connectivity index (χ0v) is 18.6. The lowest BCUT2D eigenvalue weighted by molar-refractivity contribution is 0.0825. The standard InChI is InChI=1S/C24H29F2N3O3/c1-4-20(30)15-28(12-13-31-3)16-21-17(2)27-29(19-8-6-5-7-9-19)24(21)32-23-11-10-18(25)14-22(23)26/h5-11,14,20,30H,4,12-13,15-16H2,1-3H3/t20-/m0/s1. The van der Waals surface area contributed by atoms with Gasteiger partial charge in [-0.05, 0) is 37.6 Å². The number of aliphatic hydroxyl groups excluding tert-OH is 1. The Labute approximate surface area is 187 Å². The summed E-state index contributed by atoms with van der Waals surface area (Å²) in [4.78, 5) is 2.05. The van der Waals surface area contributed by atoms with Crippen LogP contribution >= 0.6 is 0 Å². The minimum Gasteiger partial charge on any atom is -0.435 e. The molecule has 0 fully saturated rings. The Balaban J connectivity index is 2.03. The molecule has 6 nitrogen and oxygen atoms in total. The van der Waals surface area contributed by atoms with E-state index in [0.717, 1.165) is 23.4 Å². The van der Waals surface area contributed by atoms with E-state index in [4.69, 9.17) is 9.47 Å². The number of nitrogens with zero attached hydrogens (tertiary/aromatic N) is 3. The van der Waals surface area contributed by atoms with Gasteiger partial charge in [-0.15, -0.1) is 0 Å². The fraction of sp³-hybridized carbons (Fsp3) is 0.375. The number of hydrogen-bond donors (Lipinski definition) is 1. The van der Waals surface area contributed by atoms with Crippen LogP contribution in [-0.4, -0.2) is 52.7 Å².